The smallest absolute Gasteiger partial charge is 0.339 e. The lowest BCUT2D eigenvalue weighted by Crippen LogP contribution is -2.06. The number of aromatic hydroxyl groups is 2. The maximum atomic E-state index is 11.9. The van der Waals surface area contributed by atoms with Gasteiger partial charge in [0.05, 0.1) is 11.4 Å². The molecule has 0 spiro atoms. The number of nitrogens with two attached hydrogens (primary N) is 1. The van der Waals surface area contributed by atoms with Gasteiger partial charge in [-0.2, -0.15) is 21.9 Å². The molecular formula is C17H13N3O10S2. The number of nitrogens with zero attached hydrogens (tertiary/aromatic N) is 2. The van der Waals surface area contributed by atoms with Gasteiger partial charge in [0.25, 0.3) is 20.2 Å². The summed E-state index contributed by atoms with van der Waals surface area (Å²) in [7, 11) is -10.1. The van der Waals surface area contributed by atoms with Gasteiger partial charge in [0.2, 0.25) is 0 Å². The number of phenolic OH excluding ortho intramolecular Hbond substituents is 1. The molecule has 0 fully saturated rings. The first kappa shape index (κ1) is 22.9. The Morgan fingerprint density at radius 2 is 1.53 bits per heavy atom. The molecule has 0 saturated heterocycles. The molecule has 0 aliphatic heterocycles. The lowest BCUT2D eigenvalue weighted by atomic mass is 10.1. The van der Waals surface area contributed by atoms with Crippen LogP contribution in [0.1, 0.15) is 10.4 Å². The van der Waals surface area contributed by atoms with Crippen LogP contribution in [0.3, 0.4) is 0 Å². The summed E-state index contributed by atoms with van der Waals surface area (Å²) >= 11 is 0. The second-order valence-electron chi connectivity index (χ2n) is 6.31. The third kappa shape index (κ3) is 4.17. The highest BCUT2D eigenvalue weighted by Gasteiger charge is 2.27. The van der Waals surface area contributed by atoms with Gasteiger partial charge in [-0.05, 0) is 36.4 Å². The van der Waals surface area contributed by atoms with Gasteiger partial charge >= 0.3 is 5.97 Å². The van der Waals surface area contributed by atoms with Gasteiger partial charge in [0.15, 0.2) is 5.75 Å². The van der Waals surface area contributed by atoms with E-state index < -0.39 is 69.8 Å². The Morgan fingerprint density at radius 3 is 2.09 bits per heavy atom. The summed E-state index contributed by atoms with van der Waals surface area (Å²) in [4.78, 5) is 9.14. The number of anilines is 1. The van der Waals surface area contributed by atoms with Crippen LogP contribution in [0.4, 0.5) is 17.1 Å². The molecule has 0 radical (unpaired) electrons. The molecule has 3 aromatic carbocycles. The molecule has 13 nitrogen and oxygen atoms in total. The van der Waals surface area contributed by atoms with Gasteiger partial charge in [-0.1, -0.05) is 0 Å². The number of azo groups is 1. The van der Waals surface area contributed by atoms with E-state index in [0.29, 0.717) is 6.07 Å². The topological polar surface area (TPSA) is 237 Å². The van der Waals surface area contributed by atoms with Gasteiger partial charge in [0, 0.05) is 10.8 Å². The average Bonchev–Trinajstić information content (AvgIpc) is 2.65. The minimum atomic E-state index is -5.12. The first-order valence-electron chi connectivity index (χ1n) is 8.23. The zero-order chi connectivity index (χ0) is 24.0. The van der Waals surface area contributed by atoms with Crippen molar-refractivity contribution in [2.24, 2.45) is 10.2 Å². The maximum absolute atomic E-state index is 11.9. The van der Waals surface area contributed by atoms with E-state index in [1.807, 2.05) is 0 Å². The van der Waals surface area contributed by atoms with Crippen LogP contribution in [0.25, 0.3) is 10.8 Å². The number of hydrogen-bond donors (Lipinski definition) is 6. The highest BCUT2D eigenvalue weighted by atomic mass is 32.2. The van der Waals surface area contributed by atoms with E-state index in [2.05, 4.69) is 10.2 Å². The molecule has 0 bridgehead atoms. The van der Waals surface area contributed by atoms with Crippen molar-refractivity contribution in [1.29, 1.82) is 0 Å². The Bertz CT molecular complexity index is 1530. The number of fused-ring (bicyclic) bond motifs is 1. The highest BCUT2D eigenvalue weighted by molar-refractivity contribution is 7.86. The van der Waals surface area contributed by atoms with Gasteiger partial charge in [0.1, 0.15) is 26.8 Å². The quantitative estimate of drug-likeness (QED) is 0.175. The predicted molar refractivity (Wildman–Crippen MR) is 109 cm³/mol. The minimum Gasteiger partial charge on any atom is -0.507 e. The van der Waals surface area contributed by atoms with E-state index in [1.54, 1.807) is 0 Å². The van der Waals surface area contributed by atoms with Crippen molar-refractivity contribution in [2.75, 3.05) is 5.73 Å². The summed E-state index contributed by atoms with van der Waals surface area (Å²) in [6, 6.07) is 5.79. The molecule has 0 aromatic heterocycles. The standard InChI is InChI=1S/C17H13N3O10S2/c18-11-3-2-8-9(16(11)32(28,29)30)6-13(31(25,26)27)14(15(8)22)20-19-7-1-4-12(21)10(5-7)17(23)24/h1-6,21-22H,18H2,(H,23,24)(H,25,26,27)(H,28,29,30). The molecule has 0 aliphatic rings. The monoisotopic (exact) mass is 483 g/mol. The van der Waals surface area contributed by atoms with Crippen molar-refractivity contribution in [3.8, 4) is 11.5 Å². The summed E-state index contributed by atoms with van der Waals surface area (Å²) in [6.45, 7) is 0. The first-order chi connectivity index (χ1) is 14.7. The third-order valence-electron chi connectivity index (χ3n) is 4.23. The summed E-state index contributed by atoms with van der Waals surface area (Å²) in [5.41, 5.74) is 3.59. The third-order valence-corrected chi connectivity index (χ3v) is 6.07. The molecule has 32 heavy (non-hydrogen) atoms. The molecule has 7 N–H and O–H groups in total. The van der Waals surface area contributed by atoms with E-state index in [1.165, 1.54) is 0 Å². The number of nitrogen functional groups attached to an aromatic ring is 1. The van der Waals surface area contributed by atoms with Crippen LogP contribution in [-0.2, 0) is 20.2 Å². The fourth-order valence-electron chi connectivity index (χ4n) is 2.86. The molecular weight excluding hydrogens is 470 g/mol. The molecule has 0 saturated carbocycles. The number of phenols is 2. The van der Waals surface area contributed by atoms with Crippen LogP contribution in [0.15, 0.2) is 56.4 Å². The summed E-state index contributed by atoms with van der Waals surface area (Å²) in [6.07, 6.45) is 0. The van der Waals surface area contributed by atoms with Gasteiger partial charge in [-0.15, -0.1) is 5.11 Å². The van der Waals surface area contributed by atoms with E-state index >= 15 is 0 Å². The maximum Gasteiger partial charge on any atom is 0.339 e. The molecule has 3 aromatic rings. The Labute approximate surface area is 179 Å². The zero-order valence-corrected chi connectivity index (χ0v) is 17.2. The van der Waals surface area contributed by atoms with Crippen molar-refractivity contribution in [3.63, 3.8) is 0 Å². The Hall–Kier alpha value is -3.79. The molecule has 0 atom stereocenters. The highest BCUT2D eigenvalue weighted by Crippen LogP contribution is 2.44. The van der Waals surface area contributed by atoms with Crippen LogP contribution in [0.5, 0.6) is 11.5 Å². The van der Waals surface area contributed by atoms with Gasteiger partial charge < -0.3 is 21.1 Å². The van der Waals surface area contributed by atoms with Crippen LogP contribution in [-0.4, -0.2) is 47.2 Å². The number of carboxylic acid groups (broad SMARTS) is 1. The minimum absolute atomic E-state index is 0.170. The van der Waals surface area contributed by atoms with Crippen LogP contribution in [0, 0.1) is 0 Å². The van der Waals surface area contributed by atoms with Gasteiger partial charge in [-0.3, -0.25) is 9.11 Å². The summed E-state index contributed by atoms with van der Waals surface area (Å²) in [5, 5.41) is 35.5. The second kappa shape index (κ2) is 7.72. The van der Waals surface area contributed by atoms with Crippen molar-refractivity contribution < 1.29 is 46.1 Å². The van der Waals surface area contributed by atoms with E-state index in [-0.39, 0.29) is 11.1 Å². The van der Waals surface area contributed by atoms with Crippen LogP contribution < -0.4 is 5.73 Å². The summed E-state index contributed by atoms with van der Waals surface area (Å²) < 4.78 is 66.2. The molecule has 0 unspecified atom stereocenters. The van der Waals surface area contributed by atoms with Crippen LogP contribution >= 0.6 is 0 Å². The number of carbonyl (C=O) groups is 1. The summed E-state index contributed by atoms with van der Waals surface area (Å²) in [5.74, 6) is -2.98. The van der Waals surface area contributed by atoms with E-state index in [4.69, 9.17) is 10.8 Å². The molecule has 168 valence electrons. The zero-order valence-electron chi connectivity index (χ0n) is 15.5. The largest absolute Gasteiger partial charge is 0.507 e. The second-order valence-corrected chi connectivity index (χ2v) is 9.06. The van der Waals surface area contributed by atoms with E-state index in [9.17, 15) is 40.9 Å². The number of aromatic carboxylic acids is 1. The SMILES string of the molecule is Nc1ccc2c(O)c(N=Nc3ccc(O)c(C(=O)O)c3)c(S(=O)(=O)O)cc2c1S(=O)(=O)O. The Balaban J connectivity index is 2.34. The lowest BCUT2D eigenvalue weighted by Gasteiger charge is -2.12. The molecule has 0 amide bonds. The van der Waals surface area contributed by atoms with Crippen molar-refractivity contribution in [1.82, 2.24) is 0 Å². The van der Waals surface area contributed by atoms with Crippen molar-refractivity contribution in [3.05, 3.63) is 42.0 Å². The van der Waals surface area contributed by atoms with Crippen LogP contribution in [0.2, 0.25) is 0 Å². The molecule has 15 heteroatoms. The number of hydrogen-bond acceptors (Lipinski definition) is 10. The average molecular weight is 483 g/mol. The fourth-order valence-corrected chi connectivity index (χ4v) is 4.32. The number of carboxylic acids is 1. The van der Waals surface area contributed by atoms with E-state index in [0.717, 1.165) is 30.3 Å². The number of benzene rings is 3. The Morgan fingerprint density at radius 1 is 0.875 bits per heavy atom. The lowest BCUT2D eigenvalue weighted by molar-refractivity contribution is 0.0693. The fraction of sp³-hybridized carbons (Fsp3) is 0. The van der Waals surface area contributed by atoms with Crippen molar-refractivity contribution >= 4 is 54.0 Å². The molecule has 0 heterocycles. The Kier molecular flexibility index (Phi) is 5.52. The predicted octanol–water partition coefficient (Wildman–Crippen LogP) is 2.44. The van der Waals surface area contributed by atoms with Gasteiger partial charge in [-0.25, -0.2) is 4.79 Å². The molecule has 0 aliphatic carbocycles. The first-order valence-corrected chi connectivity index (χ1v) is 11.1. The normalized spacial score (nSPS) is 12.4. The van der Waals surface area contributed by atoms with Crippen molar-refractivity contribution in [2.45, 2.75) is 9.79 Å². The number of rotatable bonds is 5. The molecule has 3 rings (SSSR count).